The Bertz CT molecular complexity index is 684. The zero-order valence-corrected chi connectivity index (χ0v) is 13.2. The average Bonchev–Trinajstić information content (AvgIpc) is 2.63. The first kappa shape index (κ1) is 16.5. The van der Waals surface area contributed by atoms with Crippen molar-refractivity contribution >= 4 is 13.2 Å². The van der Waals surface area contributed by atoms with Crippen LogP contribution in [-0.2, 0) is 15.9 Å². The van der Waals surface area contributed by atoms with E-state index in [-0.39, 0.29) is 17.7 Å². The number of hydrogen-bond acceptors (Lipinski definition) is 3. The fourth-order valence-corrected chi connectivity index (χ4v) is 2.06. The molecule has 1 saturated heterocycles. The Hall–Kier alpha value is -1.84. The van der Waals surface area contributed by atoms with Crippen LogP contribution < -0.4 is 5.56 Å². The molecule has 22 heavy (non-hydrogen) atoms. The van der Waals surface area contributed by atoms with Gasteiger partial charge in [0.25, 0.3) is 5.56 Å². The molecule has 2 heterocycles. The van der Waals surface area contributed by atoms with Crippen LogP contribution in [0.1, 0.15) is 33.3 Å². The highest BCUT2D eigenvalue weighted by molar-refractivity contribution is 6.54. The molecule has 1 aliphatic rings. The molecular weight excluding hydrogens is 284 g/mol. The van der Waals surface area contributed by atoms with Crippen molar-refractivity contribution in [1.29, 1.82) is 0 Å². The largest absolute Gasteiger partial charge is 0.525 e. The van der Waals surface area contributed by atoms with E-state index in [0.717, 1.165) is 6.08 Å². The van der Waals surface area contributed by atoms with Gasteiger partial charge in [-0.3, -0.25) is 4.79 Å². The van der Waals surface area contributed by atoms with Gasteiger partial charge in [-0.2, -0.15) is 0 Å². The summed E-state index contributed by atoms with van der Waals surface area (Å²) in [4.78, 5) is 12.1. The lowest BCUT2D eigenvalue weighted by Gasteiger charge is -2.32. The van der Waals surface area contributed by atoms with E-state index in [4.69, 9.17) is 15.7 Å². The minimum atomic E-state index is -1.12. The van der Waals surface area contributed by atoms with Gasteiger partial charge in [0.15, 0.2) is 0 Å². The van der Waals surface area contributed by atoms with Crippen molar-refractivity contribution in [1.82, 2.24) is 4.57 Å². The molecule has 2 rings (SSSR count). The van der Waals surface area contributed by atoms with E-state index in [1.54, 1.807) is 12.3 Å². The Balaban J connectivity index is 2.30. The number of terminal acetylenes is 1. The van der Waals surface area contributed by atoms with Gasteiger partial charge in [0.2, 0.25) is 0 Å². The second kappa shape index (κ2) is 5.75. The van der Waals surface area contributed by atoms with E-state index in [2.05, 4.69) is 5.92 Å². The third-order valence-corrected chi connectivity index (χ3v) is 4.08. The Labute approximate surface area is 130 Å². The molecule has 0 aliphatic carbocycles. The van der Waals surface area contributed by atoms with Crippen LogP contribution in [0.4, 0.5) is 4.39 Å². The second-order valence-electron chi connectivity index (χ2n) is 6.22. The lowest BCUT2D eigenvalue weighted by Crippen LogP contribution is -2.41. The molecule has 0 atom stereocenters. The number of nitrogens with zero attached hydrogens (tertiary/aromatic N) is 1. The minimum Gasteiger partial charge on any atom is -0.398 e. The van der Waals surface area contributed by atoms with Crippen LogP contribution in [0.15, 0.2) is 28.9 Å². The topological polar surface area (TPSA) is 40.5 Å². The van der Waals surface area contributed by atoms with Gasteiger partial charge in [0.1, 0.15) is 5.73 Å². The molecule has 0 N–H and O–H groups in total. The average molecular weight is 303 g/mol. The quantitative estimate of drug-likeness (QED) is 0.636. The van der Waals surface area contributed by atoms with Gasteiger partial charge in [-0.25, -0.2) is 4.39 Å². The maximum Gasteiger partial charge on any atom is 0.525 e. The van der Waals surface area contributed by atoms with Gasteiger partial charge in [0.05, 0.1) is 17.7 Å². The van der Waals surface area contributed by atoms with Crippen LogP contribution >= 0.6 is 0 Å². The molecule has 6 heteroatoms. The van der Waals surface area contributed by atoms with E-state index < -0.39 is 24.0 Å². The van der Waals surface area contributed by atoms with Crippen molar-refractivity contribution in [2.75, 3.05) is 0 Å². The van der Waals surface area contributed by atoms with Gasteiger partial charge in [0, 0.05) is 11.8 Å². The Morgan fingerprint density at radius 2 is 2.00 bits per heavy atom. The zero-order valence-electron chi connectivity index (χ0n) is 13.2. The van der Waals surface area contributed by atoms with Crippen LogP contribution in [0.3, 0.4) is 0 Å². The third kappa shape index (κ3) is 3.01. The number of aromatic nitrogens is 1. The van der Waals surface area contributed by atoms with E-state index in [9.17, 15) is 9.18 Å². The SMILES string of the molecule is C#CCn1cccc(C=C(F)B2OC(C)(C)C(C)(C)O2)c1=O. The maximum atomic E-state index is 14.4. The molecule has 1 fully saturated rings. The van der Waals surface area contributed by atoms with E-state index in [1.807, 2.05) is 27.7 Å². The van der Waals surface area contributed by atoms with Crippen molar-refractivity contribution in [2.45, 2.75) is 45.4 Å². The summed E-state index contributed by atoms with van der Waals surface area (Å²) in [6.45, 7) is 7.48. The van der Waals surface area contributed by atoms with E-state index in [1.165, 1.54) is 10.6 Å². The summed E-state index contributed by atoms with van der Waals surface area (Å²) in [5, 5.41) is 0. The van der Waals surface area contributed by atoms with Gasteiger partial charge in [-0.1, -0.05) is 5.92 Å². The summed E-state index contributed by atoms with van der Waals surface area (Å²) < 4.78 is 27.0. The van der Waals surface area contributed by atoms with Crippen LogP contribution in [0.2, 0.25) is 0 Å². The second-order valence-corrected chi connectivity index (χ2v) is 6.22. The van der Waals surface area contributed by atoms with Crippen LogP contribution in [-0.4, -0.2) is 22.9 Å². The molecule has 0 aromatic carbocycles. The smallest absolute Gasteiger partial charge is 0.398 e. The first-order chi connectivity index (χ1) is 10.2. The molecule has 116 valence electrons. The molecule has 1 aromatic rings. The first-order valence-electron chi connectivity index (χ1n) is 7.03. The molecule has 0 bridgehead atoms. The van der Waals surface area contributed by atoms with Gasteiger partial charge < -0.3 is 13.9 Å². The Morgan fingerprint density at radius 1 is 1.41 bits per heavy atom. The normalized spacial score (nSPS) is 20.0. The molecular formula is C16H19BFNO3. The number of halogens is 1. The maximum absolute atomic E-state index is 14.4. The van der Waals surface area contributed by atoms with Crippen molar-refractivity contribution in [2.24, 2.45) is 0 Å². The number of rotatable bonds is 3. The molecule has 4 nitrogen and oxygen atoms in total. The molecule has 0 radical (unpaired) electrons. The molecule has 0 unspecified atom stereocenters. The van der Waals surface area contributed by atoms with Crippen molar-refractivity contribution in [3.63, 3.8) is 0 Å². The predicted octanol–water partition coefficient (Wildman–Crippen LogP) is 2.42. The Kier molecular flexibility index (Phi) is 4.32. The lowest BCUT2D eigenvalue weighted by molar-refractivity contribution is 0.00578. The molecule has 0 amide bonds. The van der Waals surface area contributed by atoms with Crippen LogP contribution in [0, 0.1) is 12.3 Å². The van der Waals surface area contributed by atoms with Crippen LogP contribution in [0.5, 0.6) is 0 Å². The highest BCUT2D eigenvalue weighted by atomic mass is 19.1. The fourth-order valence-electron chi connectivity index (χ4n) is 2.06. The fraction of sp³-hybridized carbons (Fsp3) is 0.438. The monoisotopic (exact) mass is 303 g/mol. The molecule has 0 spiro atoms. The van der Waals surface area contributed by atoms with Gasteiger partial charge >= 0.3 is 7.12 Å². The predicted molar refractivity (Wildman–Crippen MR) is 84.7 cm³/mol. The number of pyridine rings is 1. The minimum absolute atomic E-state index is 0.138. The van der Waals surface area contributed by atoms with Gasteiger partial charge in [-0.05, 0) is 45.9 Å². The van der Waals surface area contributed by atoms with E-state index in [0.29, 0.717) is 0 Å². The molecule has 0 saturated carbocycles. The highest BCUT2D eigenvalue weighted by Crippen LogP contribution is 2.38. The summed E-state index contributed by atoms with van der Waals surface area (Å²) in [5.74, 6) is 2.38. The van der Waals surface area contributed by atoms with Gasteiger partial charge in [-0.15, -0.1) is 6.42 Å². The summed E-state index contributed by atoms with van der Waals surface area (Å²) in [6, 6.07) is 3.17. The van der Waals surface area contributed by atoms with Crippen molar-refractivity contribution < 1.29 is 13.7 Å². The third-order valence-electron chi connectivity index (χ3n) is 4.08. The first-order valence-corrected chi connectivity index (χ1v) is 7.03. The van der Waals surface area contributed by atoms with Crippen molar-refractivity contribution in [3.8, 4) is 12.3 Å². The Morgan fingerprint density at radius 3 is 2.55 bits per heavy atom. The molecule has 1 aliphatic heterocycles. The van der Waals surface area contributed by atoms with Crippen LogP contribution in [0.25, 0.3) is 6.08 Å². The standard InChI is InChI=1S/C16H19BFNO3/c1-6-9-19-10-7-8-12(14(19)20)11-13(18)17-21-15(2,3)16(4,5)22-17/h1,7-8,10-11H,9H2,2-5H3. The molecule has 1 aromatic heterocycles. The van der Waals surface area contributed by atoms with Crippen molar-refractivity contribution in [3.05, 3.63) is 40.0 Å². The highest BCUT2D eigenvalue weighted by Gasteiger charge is 2.53. The number of hydrogen-bond donors (Lipinski definition) is 0. The summed E-state index contributed by atoms with van der Waals surface area (Å²) in [7, 11) is -1.12. The summed E-state index contributed by atoms with van der Waals surface area (Å²) in [5.41, 5.74) is -2.07. The zero-order chi connectivity index (χ0) is 16.5. The van der Waals surface area contributed by atoms with E-state index >= 15 is 0 Å². The lowest BCUT2D eigenvalue weighted by atomic mass is 9.87. The summed E-state index contributed by atoms with van der Waals surface area (Å²) in [6.07, 6.45) is 7.90. The summed E-state index contributed by atoms with van der Waals surface area (Å²) >= 11 is 0.